The predicted octanol–water partition coefficient (Wildman–Crippen LogP) is 1.41. The van der Waals surface area contributed by atoms with E-state index in [1.807, 2.05) is 0 Å². The van der Waals surface area contributed by atoms with Crippen LogP contribution in [0.4, 0.5) is 13.2 Å². The molecule has 9 nitrogen and oxygen atoms in total. The van der Waals surface area contributed by atoms with Crippen LogP contribution >= 0.6 is 0 Å². The van der Waals surface area contributed by atoms with Crippen LogP contribution in [-0.4, -0.2) is 42.6 Å². The minimum absolute atomic E-state index is 0.0335. The number of rotatable bonds is 7. The number of halogens is 3. The van der Waals surface area contributed by atoms with Gasteiger partial charge in [0.05, 0.1) is 37.3 Å². The fourth-order valence-electron chi connectivity index (χ4n) is 2.37. The number of hydrogen-bond acceptors (Lipinski definition) is 6. The fraction of sp³-hybridized carbons (Fsp3) is 0.294. The molecule has 0 atom stereocenters. The van der Waals surface area contributed by atoms with Gasteiger partial charge >= 0.3 is 6.18 Å². The highest BCUT2D eigenvalue weighted by Gasteiger charge is 2.27. The second kappa shape index (κ2) is 8.63. The zero-order valence-electron chi connectivity index (χ0n) is 15.0. The molecule has 0 spiro atoms. The number of aromatic nitrogens is 5. The van der Waals surface area contributed by atoms with Crippen molar-refractivity contribution in [2.45, 2.75) is 32.1 Å². The van der Waals surface area contributed by atoms with Gasteiger partial charge in [-0.05, 0) is 11.6 Å². The molecule has 3 aromatic rings. The van der Waals surface area contributed by atoms with Gasteiger partial charge in [0.15, 0.2) is 5.65 Å². The summed E-state index contributed by atoms with van der Waals surface area (Å²) in [6, 6.07) is 1.64. The zero-order valence-corrected chi connectivity index (χ0v) is 15.0. The van der Waals surface area contributed by atoms with Gasteiger partial charge in [-0.25, -0.2) is 14.5 Å². The van der Waals surface area contributed by atoms with Crippen LogP contribution < -0.4 is 10.6 Å². The molecule has 29 heavy (non-hydrogen) atoms. The summed E-state index contributed by atoms with van der Waals surface area (Å²) in [5, 5.41) is 9.22. The van der Waals surface area contributed by atoms with Gasteiger partial charge in [-0.1, -0.05) is 0 Å². The first-order valence-electron chi connectivity index (χ1n) is 8.51. The lowest BCUT2D eigenvalue weighted by Gasteiger charge is -2.07. The Labute approximate surface area is 162 Å². The third-order valence-corrected chi connectivity index (χ3v) is 3.78. The predicted molar refractivity (Wildman–Crippen MR) is 93.3 cm³/mol. The first-order valence-corrected chi connectivity index (χ1v) is 8.51. The lowest BCUT2D eigenvalue weighted by molar-refractivity contribution is -0.144. The molecule has 2 N–H and O–H groups in total. The van der Waals surface area contributed by atoms with Crippen molar-refractivity contribution in [2.75, 3.05) is 0 Å². The topological polar surface area (TPSA) is 114 Å². The molecular weight excluding hydrogens is 391 g/mol. The number of fused-ring (bicyclic) bond motifs is 1. The Balaban J connectivity index is 1.55. The summed E-state index contributed by atoms with van der Waals surface area (Å²) in [4.78, 5) is 35.5. The van der Waals surface area contributed by atoms with Crippen LogP contribution in [0.15, 0.2) is 37.1 Å². The largest absolute Gasteiger partial charge is 0.389 e. The smallest absolute Gasteiger partial charge is 0.352 e. The molecule has 0 aliphatic carbocycles. The summed E-state index contributed by atoms with van der Waals surface area (Å²) in [6.07, 6.45) is 1.15. The van der Waals surface area contributed by atoms with Gasteiger partial charge in [0.25, 0.3) is 5.91 Å². The molecule has 3 rings (SSSR count). The highest BCUT2D eigenvalue weighted by atomic mass is 19.4. The maximum absolute atomic E-state index is 12.1. The molecule has 0 unspecified atom stereocenters. The van der Waals surface area contributed by atoms with Gasteiger partial charge in [0.1, 0.15) is 5.69 Å². The van der Waals surface area contributed by atoms with E-state index in [0.717, 1.165) is 0 Å². The summed E-state index contributed by atoms with van der Waals surface area (Å²) >= 11 is 0. The SMILES string of the molecule is O=C(CCC(F)(F)F)NCc1cnn2cc(CNC(=O)c3cnccn3)nc2c1. The molecule has 0 aromatic carbocycles. The van der Waals surface area contributed by atoms with E-state index in [9.17, 15) is 22.8 Å². The summed E-state index contributed by atoms with van der Waals surface area (Å²) in [6.45, 7) is 0.175. The molecule has 0 aliphatic heterocycles. The van der Waals surface area contributed by atoms with Gasteiger partial charge in [-0.2, -0.15) is 18.3 Å². The molecule has 3 heterocycles. The minimum Gasteiger partial charge on any atom is -0.352 e. The first kappa shape index (κ1) is 20.2. The highest BCUT2D eigenvalue weighted by Crippen LogP contribution is 2.21. The number of carbonyl (C=O) groups is 2. The van der Waals surface area contributed by atoms with Crippen LogP contribution in [0.5, 0.6) is 0 Å². The summed E-state index contributed by atoms with van der Waals surface area (Å²) in [7, 11) is 0. The molecule has 12 heteroatoms. The quantitative estimate of drug-likeness (QED) is 0.612. The molecule has 0 saturated heterocycles. The van der Waals surface area contributed by atoms with Crippen LogP contribution in [-0.2, 0) is 17.9 Å². The Bertz CT molecular complexity index is 1010. The Morgan fingerprint density at radius 3 is 2.66 bits per heavy atom. The van der Waals surface area contributed by atoms with E-state index in [0.29, 0.717) is 16.9 Å². The molecule has 0 radical (unpaired) electrons. The first-order chi connectivity index (χ1) is 13.8. The van der Waals surface area contributed by atoms with Crippen molar-refractivity contribution in [3.05, 3.63) is 54.0 Å². The Morgan fingerprint density at radius 2 is 1.93 bits per heavy atom. The summed E-state index contributed by atoms with van der Waals surface area (Å²) in [5.41, 5.74) is 1.77. The van der Waals surface area contributed by atoms with Gasteiger partial charge in [0, 0.05) is 25.4 Å². The van der Waals surface area contributed by atoms with Gasteiger partial charge < -0.3 is 10.6 Å². The van der Waals surface area contributed by atoms with Crippen molar-refractivity contribution in [1.29, 1.82) is 0 Å². The molecule has 0 aliphatic rings. The highest BCUT2D eigenvalue weighted by molar-refractivity contribution is 5.91. The van der Waals surface area contributed by atoms with Gasteiger partial charge in [-0.15, -0.1) is 0 Å². The van der Waals surface area contributed by atoms with E-state index < -0.39 is 30.8 Å². The van der Waals surface area contributed by atoms with Crippen molar-refractivity contribution in [3.8, 4) is 0 Å². The Kier molecular flexibility index (Phi) is 6.00. The van der Waals surface area contributed by atoms with E-state index >= 15 is 0 Å². The average molecular weight is 407 g/mol. The van der Waals surface area contributed by atoms with E-state index in [-0.39, 0.29) is 18.8 Å². The van der Waals surface area contributed by atoms with Crippen LogP contribution in [0, 0.1) is 0 Å². The number of nitrogens with zero attached hydrogens (tertiary/aromatic N) is 5. The molecule has 0 bridgehead atoms. The molecule has 2 amide bonds. The molecular formula is C17H16F3N7O2. The van der Waals surface area contributed by atoms with Crippen LogP contribution in [0.1, 0.15) is 34.6 Å². The van der Waals surface area contributed by atoms with E-state index in [2.05, 4.69) is 30.7 Å². The number of carbonyl (C=O) groups excluding carboxylic acids is 2. The van der Waals surface area contributed by atoms with Crippen molar-refractivity contribution in [3.63, 3.8) is 0 Å². The van der Waals surface area contributed by atoms with Crippen LogP contribution in [0.3, 0.4) is 0 Å². The molecule has 152 valence electrons. The number of imidazole rings is 1. The normalized spacial score (nSPS) is 11.4. The van der Waals surface area contributed by atoms with Crippen molar-refractivity contribution in [1.82, 2.24) is 35.2 Å². The van der Waals surface area contributed by atoms with Gasteiger partial charge in [-0.3, -0.25) is 14.6 Å². The van der Waals surface area contributed by atoms with Gasteiger partial charge in [0.2, 0.25) is 5.91 Å². The lowest BCUT2D eigenvalue weighted by Crippen LogP contribution is -2.24. The Hall–Kier alpha value is -3.57. The summed E-state index contributed by atoms with van der Waals surface area (Å²) < 4.78 is 37.9. The molecule has 0 saturated carbocycles. The second-order valence-electron chi connectivity index (χ2n) is 6.06. The van der Waals surface area contributed by atoms with Crippen molar-refractivity contribution in [2.24, 2.45) is 0 Å². The number of alkyl halides is 3. The number of amides is 2. The second-order valence-corrected chi connectivity index (χ2v) is 6.06. The van der Waals surface area contributed by atoms with Crippen LogP contribution in [0.2, 0.25) is 0 Å². The zero-order chi connectivity index (χ0) is 20.9. The van der Waals surface area contributed by atoms with E-state index in [1.54, 1.807) is 12.3 Å². The maximum Gasteiger partial charge on any atom is 0.389 e. The standard InChI is InChI=1S/C17H16F3N7O2/c18-17(19,20)2-1-15(28)23-6-11-5-14-26-12(10-27(14)25-7-11)8-24-16(29)13-9-21-3-4-22-13/h3-5,7,9-10H,1-2,6,8H2,(H,23,28)(H,24,29). The lowest BCUT2D eigenvalue weighted by atomic mass is 10.2. The summed E-state index contributed by atoms with van der Waals surface area (Å²) in [5.74, 6) is -1.09. The number of nitrogens with one attached hydrogen (secondary N) is 2. The monoisotopic (exact) mass is 407 g/mol. The third kappa shape index (κ3) is 5.96. The van der Waals surface area contributed by atoms with Crippen LogP contribution in [0.25, 0.3) is 5.65 Å². The maximum atomic E-state index is 12.1. The molecule has 3 aromatic heterocycles. The third-order valence-electron chi connectivity index (χ3n) is 3.78. The minimum atomic E-state index is -4.37. The average Bonchev–Trinajstić information content (AvgIpc) is 3.11. The number of hydrogen-bond donors (Lipinski definition) is 2. The van der Waals surface area contributed by atoms with Crippen molar-refractivity contribution >= 4 is 17.5 Å². The van der Waals surface area contributed by atoms with Crippen molar-refractivity contribution < 1.29 is 22.8 Å². The molecule has 0 fully saturated rings. The van der Waals surface area contributed by atoms with E-state index in [4.69, 9.17) is 0 Å². The Morgan fingerprint density at radius 1 is 1.10 bits per heavy atom. The van der Waals surface area contributed by atoms with E-state index in [1.165, 1.54) is 29.3 Å². The fourth-order valence-corrected chi connectivity index (χ4v) is 2.37.